The van der Waals surface area contributed by atoms with Crippen LogP contribution in [-0.4, -0.2) is 24.0 Å². The summed E-state index contributed by atoms with van der Waals surface area (Å²) < 4.78 is 0. The van der Waals surface area contributed by atoms with E-state index in [1.165, 1.54) is 38.5 Å². The van der Waals surface area contributed by atoms with E-state index in [1.807, 2.05) is 0 Å². The summed E-state index contributed by atoms with van der Waals surface area (Å²) in [7, 11) is 0. The third kappa shape index (κ3) is 2.74. The molecule has 2 atom stereocenters. The first-order chi connectivity index (χ1) is 9.51. The molecule has 0 aromatic heterocycles. The van der Waals surface area contributed by atoms with E-state index in [9.17, 15) is 4.79 Å². The Kier molecular flexibility index (Phi) is 3.83. The molecule has 1 amide bonds. The molecule has 3 heteroatoms. The molecule has 3 nitrogen and oxygen atoms in total. The molecule has 114 valence electrons. The number of nitrogens with one attached hydrogen (secondary N) is 2. The highest BCUT2D eigenvalue weighted by molar-refractivity contribution is 5.79. The predicted molar refractivity (Wildman–Crippen MR) is 81.5 cm³/mol. The van der Waals surface area contributed by atoms with Crippen LogP contribution in [-0.2, 0) is 4.79 Å². The van der Waals surface area contributed by atoms with Gasteiger partial charge in [0.15, 0.2) is 0 Å². The Balaban J connectivity index is 1.58. The van der Waals surface area contributed by atoms with Gasteiger partial charge in [0.2, 0.25) is 5.91 Å². The van der Waals surface area contributed by atoms with Crippen LogP contribution >= 0.6 is 0 Å². The van der Waals surface area contributed by atoms with Gasteiger partial charge < -0.3 is 10.6 Å². The molecular formula is C17H30N2O. The molecule has 3 fully saturated rings. The summed E-state index contributed by atoms with van der Waals surface area (Å²) in [6, 6.07) is 0.404. The van der Waals surface area contributed by atoms with Crippen LogP contribution in [0.3, 0.4) is 0 Å². The van der Waals surface area contributed by atoms with Crippen LogP contribution in [0.1, 0.15) is 71.6 Å². The van der Waals surface area contributed by atoms with Gasteiger partial charge in [0, 0.05) is 17.5 Å². The lowest BCUT2D eigenvalue weighted by atomic mass is 9.68. The summed E-state index contributed by atoms with van der Waals surface area (Å²) in [6.45, 7) is 5.61. The molecule has 3 aliphatic rings. The van der Waals surface area contributed by atoms with Crippen LogP contribution < -0.4 is 10.6 Å². The number of piperidine rings is 1. The molecule has 20 heavy (non-hydrogen) atoms. The summed E-state index contributed by atoms with van der Waals surface area (Å²) in [5, 5.41) is 7.07. The topological polar surface area (TPSA) is 41.1 Å². The molecule has 0 radical (unpaired) electrons. The summed E-state index contributed by atoms with van der Waals surface area (Å²) in [5.74, 6) is 0.555. The average molecular weight is 278 g/mol. The highest BCUT2D eigenvalue weighted by Gasteiger charge is 2.43. The molecule has 1 saturated heterocycles. The minimum Gasteiger partial charge on any atom is -0.353 e. The molecule has 2 saturated carbocycles. The van der Waals surface area contributed by atoms with E-state index in [1.54, 1.807) is 0 Å². The number of carbonyl (C=O) groups excluding carboxylic acids is 1. The maximum Gasteiger partial charge on any atom is 0.223 e. The van der Waals surface area contributed by atoms with Gasteiger partial charge in [0.25, 0.3) is 0 Å². The van der Waals surface area contributed by atoms with Gasteiger partial charge >= 0.3 is 0 Å². The van der Waals surface area contributed by atoms with Crippen LogP contribution in [0, 0.1) is 11.3 Å². The predicted octanol–water partition coefficient (Wildman–Crippen LogP) is 2.99. The Morgan fingerprint density at radius 2 is 1.90 bits per heavy atom. The van der Waals surface area contributed by atoms with Crippen molar-refractivity contribution in [1.29, 1.82) is 0 Å². The van der Waals surface area contributed by atoms with Gasteiger partial charge in [0.05, 0.1) is 0 Å². The second-order valence-electron chi connectivity index (χ2n) is 8.05. The second-order valence-corrected chi connectivity index (χ2v) is 8.05. The third-order valence-electron chi connectivity index (χ3n) is 6.11. The molecule has 3 rings (SSSR count). The maximum absolute atomic E-state index is 12.7. The number of hydrogen-bond donors (Lipinski definition) is 2. The largest absolute Gasteiger partial charge is 0.353 e. The summed E-state index contributed by atoms with van der Waals surface area (Å²) in [4.78, 5) is 12.7. The third-order valence-corrected chi connectivity index (χ3v) is 6.11. The Hall–Kier alpha value is -0.570. The summed E-state index contributed by atoms with van der Waals surface area (Å²) >= 11 is 0. The monoisotopic (exact) mass is 278 g/mol. The van der Waals surface area contributed by atoms with Crippen molar-refractivity contribution in [3.8, 4) is 0 Å². The lowest BCUT2D eigenvalue weighted by Crippen LogP contribution is -2.60. The van der Waals surface area contributed by atoms with Gasteiger partial charge in [-0.05, 0) is 56.9 Å². The van der Waals surface area contributed by atoms with Gasteiger partial charge in [-0.1, -0.05) is 26.7 Å². The number of hydrogen-bond acceptors (Lipinski definition) is 2. The zero-order valence-electron chi connectivity index (χ0n) is 13.1. The first-order valence-electron chi connectivity index (χ1n) is 8.56. The van der Waals surface area contributed by atoms with Gasteiger partial charge in [-0.15, -0.1) is 0 Å². The number of carbonyl (C=O) groups is 1. The van der Waals surface area contributed by atoms with Crippen molar-refractivity contribution >= 4 is 5.91 Å². The van der Waals surface area contributed by atoms with E-state index in [4.69, 9.17) is 0 Å². The molecule has 2 aliphatic carbocycles. The highest BCUT2D eigenvalue weighted by atomic mass is 16.2. The standard InChI is InChI=1S/C17H30N2O/c1-16(2)8-4-3-6-14(16)15(20)19-13-7-11-18-17(12-13)9-5-10-17/h13-14,18H,3-12H2,1-2H3,(H,19,20). The quantitative estimate of drug-likeness (QED) is 0.815. The van der Waals surface area contributed by atoms with Crippen molar-refractivity contribution < 1.29 is 4.79 Å². The number of rotatable bonds is 2. The zero-order valence-corrected chi connectivity index (χ0v) is 13.1. The van der Waals surface area contributed by atoms with E-state index in [0.717, 1.165) is 25.8 Å². The summed E-state index contributed by atoms with van der Waals surface area (Å²) in [5.41, 5.74) is 0.557. The van der Waals surface area contributed by atoms with Crippen LogP contribution in [0.5, 0.6) is 0 Å². The van der Waals surface area contributed by atoms with Crippen molar-refractivity contribution in [2.24, 2.45) is 11.3 Å². The van der Waals surface area contributed by atoms with E-state index < -0.39 is 0 Å². The molecule has 0 bridgehead atoms. The van der Waals surface area contributed by atoms with E-state index in [2.05, 4.69) is 24.5 Å². The van der Waals surface area contributed by atoms with Crippen molar-refractivity contribution in [3.05, 3.63) is 0 Å². The fraction of sp³-hybridized carbons (Fsp3) is 0.941. The molecule has 1 aliphatic heterocycles. The first-order valence-corrected chi connectivity index (χ1v) is 8.56. The van der Waals surface area contributed by atoms with Crippen molar-refractivity contribution in [2.75, 3.05) is 6.54 Å². The summed E-state index contributed by atoms with van der Waals surface area (Å²) in [6.07, 6.45) is 11.0. The number of amides is 1. The van der Waals surface area contributed by atoms with Crippen molar-refractivity contribution in [1.82, 2.24) is 10.6 Å². The minimum atomic E-state index is 0.184. The SMILES string of the molecule is CC1(C)CCCCC1C(=O)NC1CCNC2(CCC2)C1. The first kappa shape index (κ1) is 14.4. The lowest BCUT2D eigenvalue weighted by Gasteiger charge is -2.49. The second kappa shape index (κ2) is 5.32. The minimum absolute atomic E-state index is 0.184. The molecule has 1 spiro atoms. The van der Waals surface area contributed by atoms with Gasteiger partial charge in [-0.3, -0.25) is 4.79 Å². The van der Waals surface area contributed by atoms with Gasteiger partial charge in [-0.2, -0.15) is 0 Å². The highest BCUT2D eigenvalue weighted by Crippen LogP contribution is 2.41. The van der Waals surface area contributed by atoms with E-state index in [-0.39, 0.29) is 11.3 Å². The Morgan fingerprint density at radius 3 is 2.55 bits per heavy atom. The zero-order chi connectivity index (χ0) is 14.2. The normalized spacial score (nSPS) is 35.3. The Bertz CT molecular complexity index is 373. The van der Waals surface area contributed by atoms with Crippen molar-refractivity contribution in [2.45, 2.75) is 83.2 Å². The average Bonchev–Trinajstić information content (AvgIpc) is 2.36. The van der Waals surface area contributed by atoms with E-state index in [0.29, 0.717) is 17.5 Å². The maximum atomic E-state index is 12.7. The molecule has 2 N–H and O–H groups in total. The van der Waals surface area contributed by atoms with Crippen LogP contribution in [0.2, 0.25) is 0 Å². The van der Waals surface area contributed by atoms with Gasteiger partial charge in [0.1, 0.15) is 0 Å². The molecule has 1 heterocycles. The van der Waals surface area contributed by atoms with Crippen LogP contribution in [0.15, 0.2) is 0 Å². The lowest BCUT2D eigenvalue weighted by molar-refractivity contribution is -0.131. The fourth-order valence-electron chi connectivity index (χ4n) is 4.55. The van der Waals surface area contributed by atoms with Crippen LogP contribution in [0.4, 0.5) is 0 Å². The Morgan fingerprint density at radius 1 is 1.10 bits per heavy atom. The van der Waals surface area contributed by atoms with Crippen molar-refractivity contribution in [3.63, 3.8) is 0 Å². The fourth-order valence-corrected chi connectivity index (χ4v) is 4.55. The Labute approximate surface area is 123 Å². The molecular weight excluding hydrogens is 248 g/mol. The smallest absolute Gasteiger partial charge is 0.223 e. The molecule has 0 aromatic rings. The van der Waals surface area contributed by atoms with Crippen LogP contribution in [0.25, 0.3) is 0 Å². The molecule has 2 unspecified atom stereocenters. The molecule has 0 aromatic carbocycles. The van der Waals surface area contributed by atoms with Gasteiger partial charge in [-0.25, -0.2) is 0 Å². The van der Waals surface area contributed by atoms with E-state index >= 15 is 0 Å².